The number of hydrogen-bond donors (Lipinski definition) is 1. The minimum absolute atomic E-state index is 0.348. The molecule has 0 amide bonds. The predicted molar refractivity (Wildman–Crippen MR) is 75.4 cm³/mol. The second-order valence-corrected chi connectivity index (χ2v) is 6.25. The second kappa shape index (κ2) is 4.56. The van der Waals surface area contributed by atoms with Crippen molar-refractivity contribution in [2.75, 3.05) is 4.90 Å². The minimum Gasteiger partial charge on any atom is -0.365 e. The Labute approximate surface area is 116 Å². The van der Waals surface area contributed by atoms with Crippen molar-refractivity contribution in [1.82, 2.24) is 0 Å². The lowest BCUT2D eigenvalue weighted by molar-refractivity contribution is 0.414. The summed E-state index contributed by atoms with van der Waals surface area (Å²) < 4.78 is 0.978. The van der Waals surface area contributed by atoms with Gasteiger partial charge in [0.15, 0.2) is 0 Å². The first-order valence-corrected chi connectivity index (χ1v) is 7.21. The van der Waals surface area contributed by atoms with Crippen LogP contribution < -0.4 is 10.6 Å². The van der Waals surface area contributed by atoms with Gasteiger partial charge in [-0.15, -0.1) is 0 Å². The van der Waals surface area contributed by atoms with Crippen molar-refractivity contribution in [2.24, 2.45) is 5.73 Å². The summed E-state index contributed by atoms with van der Waals surface area (Å²) in [5.74, 6) is 0. The molecule has 2 atom stereocenters. The van der Waals surface area contributed by atoms with Crippen molar-refractivity contribution in [1.29, 1.82) is 5.26 Å². The summed E-state index contributed by atoms with van der Waals surface area (Å²) in [4.78, 5) is 2.48. The molecule has 3 nitrogen and oxygen atoms in total. The number of fused-ring (bicyclic) bond motifs is 2. The molecule has 2 aliphatic rings. The van der Waals surface area contributed by atoms with Crippen LogP contribution in [-0.4, -0.2) is 18.1 Å². The van der Waals surface area contributed by atoms with E-state index in [0.29, 0.717) is 23.7 Å². The van der Waals surface area contributed by atoms with Crippen LogP contribution in [0.1, 0.15) is 31.2 Å². The normalized spacial score (nSPS) is 30.3. The summed E-state index contributed by atoms with van der Waals surface area (Å²) >= 11 is 3.49. The third-order valence-corrected chi connectivity index (χ3v) is 4.54. The van der Waals surface area contributed by atoms with E-state index in [1.54, 1.807) is 0 Å². The summed E-state index contributed by atoms with van der Waals surface area (Å²) in [6.07, 6.45) is 4.61. The predicted octanol–water partition coefficient (Wildman–Crippen LogP) is 2.78. The first-order chi connectivity index (χ1) is 8.67. The fourth-order valence-electron chi connectivity index (χ4n) is 3.43. The summed E-state index contributed by atoms with van der Waals surface area (Å²) in [6, 6.07) is 9.65. The molecule has 2 heterocycles. The lowest BCUT2D eigenvalue weighted by Crippen LogP contribution is -2.47. The molecular formula is C14H16BrN3. The molecule has 0 aliphatic carbocycles. The van der Waals surface area contributed by atoms with E-state index in [2.05, 4.69) is 33.0 Å². The molecular weight excluding hydrogens is 290 g/mol. The number of nitrogens with two attached hydrogens (primary N) is 1. The van der Waals surface area contributed by atoms with Crippen LogP contribution in [0.2, 0.25) is 0 Å². The Morgan fingerprint density at radius 2 is 1.89 bits per heavy atom. The molecule has 2 saturated heterocycles. The van der Waals surface area contributed by atoms with E-state index in [1.165, 1.54) is 18.5 Å². The Balaban J connectivity index is 1.96. The number of halogens is 1. The lowest BCUT2D eigenvalue weighted by Gasteiger charge is -2.39. The molecule has 0 saturated carbocycles. The fraction of sp³-hybridized carbons (Fsp3) is 0.500. The van der Waals surface area contributed by atoms with Crippen LogP contribution in [0.25, 0.3) is 0 Å². The Kier molecular flexibility index (Phi) is 3.04. The Morgan fingerprint density at radius 3 is 2.50 bits per heavy atom. The van der Waals surface area contributed by atoms with Gasteiger partial charge in [-0.25, -0.2) is 0 Å². The van der Waals surface area contributed by atoms with Crippen LogP contribution >= 0.6 is 15.9 Å². The maximum Gasteiger partial charge on any atom is 0.0992 e. The molecule has 2 N–H and O–H groups in total. The van der Waals surface area contributed by atoms with E-state index in [0.717, 1.165) is 17.3 Å². The summed E-state index contributed by atoms with van der Waals surface area (Å²) in [5.41, 5.74) is 7.98. The zero-order valence-corrected chi connectivity index (χ0v) is 11.7. The topological polar surface area (TPSA) is 53.0 Å². The van der Waals surface area contributed by atoms with Crippen molar-refractivity contribution < 1.29 is 0 Å². The van der Waals surface area contributed by atoms with E-state index in [4.69, 9.17) is 11.0 Å². The highest BCUT2D eigenvalue weighted by molar-refractivity contribution is 9.10. The van der Waals surface area contributed by atoms with Crippen molar-refractivity contribution in [2.45, 2.75) is 43.8 Å². The molecule has 18 heavy (non-hydrogen) atoms. The largest absolute Gasteiger partial charge is 0.365 e. The average molecular weight is 306 g/mol. The SMILES string of the molecule is N#Cc1cc(Br)cc(N2C3CCC2CC(N)C3)c1. The van der Waals surface area contributed by atoms with Crippen LogP contribution in [0, 0.1) is 11.3 Å². The standard InChI is InChI=1S/C14H16BrN3/c15-10-3-9(8-16)4-14(5-10)18-12-1-2-13(18)7-11(17)6-12/h3-5,11-13H,1-2,6-7,17H2. The molecule has 2 aliphatic heterocycles. The zero-order chi connectivity index (χ0) is 12.7. The van der Waals surface area contributed by atoms with Gasteiger partial charge in [-0.2, -0.15) is 5.26 Å². The summed E-state index contributed by atoms with van der Waals surface area (Å²) in [7, 11) is 0. The molecule has 94 valence electrons. The summed E-state index contributed by atoms with van der Waals surface area (Å²) in [6.45, 7) is 0. The van der Waals surface area contributed by atoms with Gasteiger partial charge >= 0.3 is 0 Å². The maximum absolute atomic E-state index is 9.06. The highest BCUT2D eigenvalue weighted by atomic mass is 79.9. The van der Waals surface area contributed by atoms with Crippen molar-refractivity contribution >= 4 is 21.6 Å². The van der Waals surface area contributed by atoms with Crippen LogP contribution in [-0.2, 0) is 0 Å². The van der Waals surface area contributed by atoms with Crippen molar-refractivity contribution in [3.05, 3.63) is 28.2 Å². The number of nitrogens with zero attached hydrogens (tertiary/aromatic N) is 2. The molecule has 2 fully saturated rings. The lowest BCUT2D eigenvalue weighted by atomic mass is 9.97. The van der Waals surface area contributed by atoms with Crippen LogP contribution in [0.3, 0.4) is 0 Å². The number of rotatable bonds is 1. The smallest absolute Gasteiger partial charge is 0.0992 e. The maximum atomic E-state index is 9.06. The van der Waals surface area contributed by atoms with Gasteiger partial charge in [0.25, 0.3) is 0 Å². The van der Waals surface area contributed by atoms with Crippen LogP contribution in [0.4, 0.5) is 5.69 Å². The number of nitriles is 1. The molecule has 2 bridgehead atoms. The molecule has 0 radical (unpaired) electrons. The van der Waals surface area contributed by atoms with E-state index >= 15 is 0 Å². The third-order valence-electron chi connectivity index (χ3n) is 4.08. The number of benzene rings is 1. The second-order valence-electron chi connectivity index (χ2n) is 5.33. The Hall–Kier alpha value is -1.05. The van der Waals surface area contributed by atoms with Gasteiger partial charge in [0, 0.05) is 28.3 Å². The minimum atomic E-state index is 0.348. The van der Waals surface area contributed by atoms with E-state index in [9.17, 15) is 0 Å². The Bertz CT molecular complexity index is 494. The van der Waals surface area contributed by atoms with Gasteiger partial charge in [0.1, 0.15) is 0 Å². The van der Waals surface area contributed by atoms with Crippen molar-refractivity contribution in [3.8, 4) is 6.07 Å². The van der Waals surface area contributed by atoms with Crippen molar-refractivity contribution in [3.63, 3.8) is 0 Å². The van der Waals surface area contributed by atoms with E-state index < -0.39 is 0 Å². The number of piperidine rings is 1. The van der Waals surface area contributed by atoms with Gasteiger partial charge in [-0.05, 0) is 43.9 Å². The fourth-order valence-corrected chi connectivity index (χ4v) is 3.91. The first kappa shape index (κ1) is 12.0. The molecule has 0 spiro atoms. The van der Waals surface area contributed by atoms with Gasteiger partial charge < -0.3 is 10.6 Å². The highest BCUT2D eigenvalue weighted by Crippen LogP contribution is 2.39. The number of anilines is 1. The van der Waals surface area contributed by atoms with Gasteiger partial charge in [-0.1, -0.05) is 15.9 Å². The zero-order valence-electron chi connectivity index (χ0n) is 10.1. The summed E-state index contributed by atoms with van der Waals surface area (Å²) in [5, 5.41) is 9.06. The molecule has 0 aromatic heterocycles. The highest BCUT2D eigenvalue weighted by Gasteiger charge is 2.39. The van der Waals surface area contributed by atoms with Gasteiger partial charge in [0.2, 0.25) is 0 Å². The average Bonchev–Trinajstić information content (AvgIpc) is 2.61. The van der Waals surface area contributed by atoms with Crippen LogP contribution in [0.5, 0.6) is 0 Å². The quantitative estimate of drug-likeness (QED) is 0.868. The molecule has 3 rings (SSSR count). The van der Waals surface area contributed by atoms with Crippen LogP contribution in [0.15, 0.2) is 22.7 Å². The Morgan fingerprint density at radius 1 is 1.22 bits per heavy atom. The molecule has 2 unspecified atom stereocenters. The monoisotopic (exact) mass is 305 g/mol. The first-order valence-electron chi connectivity index (χ1n) is 6.42. The third kappa shape index (κ3) is 2.02. The molecule has 1 aromatic rings. The molecule has 4 heteroatoms. The van der Waals surface area contributed by atoms with Gasteiger partial charge in [0.05, 0.1) is 11.6 Å². The van der Waals surface area contributed by atoms with E-state index in [-0.39, 0.29) is 0 Å². The molecule has 1 aromatic carbocycles. The number of hydrogen-bond acceptors (Lipinski definition) is 3. The van der Waals surface area contributed by atoms with E-state index in [1.807, 2.05) is 12.1 Å². The van der Waals surface area contributed by atoms with Gasteiger partial charge in [-0.3, -0.25) is 0 Å².